The molecule has 3 heteroatoms. The van der Waals surface area contributed by atoms with Gasteiger partial charge in [-0.2, -0.15) is 0 Å². The Kier molecular flexibility index (Phi) is 6.04. The molecule has 0 unspecified atom stereocenters. The third-order valence-electron chi connectivity index (χ3n) is 3.72. The van der Waals surface area contributed by atoms with Gasteiger partial charge in [0, 0.05) is 13.6 Å². The minimum Gasteiger partial charge on any atom is -0.356 e. The summed E-state index contributed by atoms with van der Waals surface area (Å²) in [6.07, 6.45) is 12.0. The molecular formula is C15H27N3. The van der Waals surface area contributed by atoms with Crippen LogP contribution in [-0.2, 0) is 0 Å². The van der Waals surface area contributed by atoms with Crippen LogP contribution >= 0.6 is 0 Å². The van der Waals surface area contributed by atoms with Crippen molar-refractivity contribution in [2.75, 3.05) is 20.1 Å². The third-order valence-corrected chi connectivity index (χ3v) is 3.72. The van der Waals surface area contributed by atoms with E-state index in [1.54, 1.807) is 7.05 Å². The molecule has 18 heavy (non-hydrogen) atoms. The monoisotopic (exact) mass is 249 g/mol. The van der Waals surface area contributed by atoms with E-state index < -0.39 is 0 Å². The Labute approximate surface area is 112 Å². The molecule has 102 valence electrons. The van der Waals surface area contributed by atoms with Gasteiger partial charge in [-0.05, 0) is 30.6 Å². The Morgan fingerprint density at radius 3 is 2.50 bits per heavy atom. The van der Waals surface area contributed by atoms with Crippen LogP contribution in [0, 0.1) is 23.7 Å². The number of terminal acetylenes is 1. The number of aliphatic imine (C=N–C) groups is 1. The fourth-order valence-electron chi connectivity index (χ4n) is 3.07. The summed E-state index contributed by atoms with van der Waals surface area (Å²) in [5, 5.41) is 6.55. The Morgan fingerprint density at radius 1 is 1.33 bits per heavy atom. The van der Waals surface area contributed by atoms with Gasteiger partial charge < -0.3 is 10.6 Å². The van der Waals surface area contributed by atoms with E-state index in [1.165, 1.54) is 32.1 Å². The standard InChI is InChI=1S/C15H27N3/c1-5-10-17-14(16-4)18-12-15(11-13(2)3)8-6-7-9-15/h1,13H,6-12H2,2-4H3,(H2,16,17,18). The first-order valence-electron chi connectivity index (χ1n) is 7.00. The van der Waals surface area contributed by atoms with E-state index in [9.17, 15) is 0 Å². The average molecular weight is 249 g/mol. The Morgan fingerprint density at radius 2 is 2.00 bits per heavy atom. The lowest BCUT2D eigenvalue weighted by molar-refractivity contribution is 0.235. The van der Waals surface area contributed by atoms with Crippen LogP contribution in [0.2, 0.25) is 0 Å². The SMILES string of the molecule is C#CCNC(=NC)NCC1(CC(C)C)CCCC1. The van der Waals surface area contributed by atoms with Crippen molar-refractivity contribution in [3.8, 4) is 12.3 Å². The van der Waals surface area contributed by atoms with Crippen molar-refractivity contribution in [1.29, 1.82) is 0 Å². The summed E-state index contributed by atoms with van der Waals surface area (Å²) in [6, 6.07) is 0. The molecule has 1 saturated carbocycles. The van der Waals surface area contributed by atoms with Gasteiger partial charge in [-0.1, -0.05) is 32.6 Å². The highest BCUT2D eigenvalue weighted by molar-refractivity contribution is 5.79. The molecule has 0 radical (unpaired) electrons. The van der Waals surface area contributed by atoms with Crippen molar-refractivity contribution < 1.29 is 0 Å². The molecule has 0 aromatic rings. The lowest BCUT2D eigenvalue weighted by Crippen LogP contribution is -2.43. The minimum atomic E-state index is 0.460. The van der Waals surface area contributed by atoms with E-state index in [1.807, 2.05) is 0 Å². The van der Waals surface area contributed by atoms with Crippen molar-refractivity contribution >= 4 is 5.96 Å². The summed E-state index contributed by atoms with van der Waals surface area (Å²) < 4.78 is 0. The van der Waals surface area contributed by atoms with Crippen LogP contribution in [0.3, 0.4) is 0 Å². The van der Waals surface area contributed by atoms with Gasteiger partial charge in [0.15, 0.2) is 5.96 Å². The second kappa shape index (κ2) is 7.31. The Hall–Kier alpha value is -1.17. The second-order valence-electron chi connectivity index (χ2n) is 5.79. The number of hydrogen-bond donors (Lipinski definition) is 2. The van der Waals surface area contributed by atoms with Crippen LogP contribution in [0.15, 0.2) is 4.99 Å². The highest BCUT2D eigenvalue weighted by Crippen LogP contribution is 2.42. The van der Waals surface area contributed by atoms with E-state index in [0.29, 0.717) is 12.0 Å². The van der Waals surface area contributed by atoms with Crippen molar-refractivity contribution in [1.82, 2.24) is 10.6 Å². The summed E-state index contributed by atoms with van der Waals surface area (Å²) in [7, 11) is 1.79. The summed E-state index contributed by atoms with van der Waals surface area (Å²) in [4.78, 5) is 4.20. The number of guanidine groups is 1. The predicted octanol–water partition coefficient (Wildman–Crippen LogP) is 2.39. The zero-order valence-electron chi connectivity index (χ0n) is 12.1. The Balaban J connectivity index is 2.49. The molecule has 0 bridgehead atoms. The first kappa shape index (κ1) is 14.9. The van der Waals surface area contributed by atoms with Gasteiger partial charge in [0.2, 0.25) is 0 Å². The summed E-state index contributed by atoms with van der Waals surface area (Å²) in [5.74, 6) is 4.15. The number of nitrogens with one attached hydrogen (secondary N) is 2. The third kappa shape index (κ3) is 4.60. The maximum atomic E-state index is 5.25. The lowest BCUT2D eigenvalue weighted by atomic mass is 9.78. The molecule has 0 aromatic heterocycles. The van der Waals surface area contributed by atoms with Gasteiger partial charge in [0.1, 0.15) is 0 Å². The molecule has 0 heterocycles. The smallest absolute Gasteiger partial charge is 0.191 e. The first-order chi connectivity index (χ1) is 8.62. The molecule has 1 aliphatic carbocycles. The zero-order chi connectivity index (χ0) is 13.4. The molecule has 1 rings (SSSR count). The van der Waals surface area contributed by atoms with E-state index in [0.717, 1.165) is 18.4 Å². The van der Waals surface area contributed by atoms with Crippen LogP contribution in [0.1, 0.15) is 46.0 Å². The average Bonchev–Trinajstić information content (AvgIpc) is 2.77. The van der Waals surface area contributed by atoms with E-state index >= 15 is 0 Å². The second-order valence-corrected chi connectivity index (χ2v) is 5.79. The maximum absolute atomic E-state index is 5.25. The summed E-state index contributed by atoms with van der Waals surface area (Å²) in [5.41, 5.74) is 0.460. The van der Waals surface area contributed by atoms with Gasteiger partial charge in [0.25, 0.3) is 0 Å². The summed E-state index contributed by atoms with van der Waals surface area (Å²) >= 11 is 0. The molecular weight excluding hydrogens is 222 g/mol. The molecule has 0 saturated heterocycles. The quantitative estimate of drug-likeness (QED) is 0.446. The fourth-order valence-corrected chi connectivity index (χ4v) is 3.07. The van der Waals surface area contributed by atoms with Crippen molar-refractivity contribution in [2.24, 2.45) is 16.3 Å². The van der Waals surface area contributed by atoms with E-state index in [4.69, 9.17) is 6.42 Å². The maximum Gasteiger partial charge on any atom is 0.191 e. The zero-order valence-corrected chi connectivity index (χ0v) is 12.1. The molecule has 0 atom stereocenters. The molecule has 1 aliphatic rings. The van der Waals surface area contributed by atoms with Crippen LogP contribution in [0.5, 0.6) is 0 Å². The normalized spacial score (nSPS) is 18.7. The van der Waals surface area contributed by atoms with Crippen LogP contribution < -0.4 is 10.6 Å². The fraction of sp³-hybridized carbons (Fsp3) is 0.800. The highest BCUT2D eigenvalue weighted by Gasteiger charge is 2.34. The highest BCUT2D eigenvalue weighted by atomic mass is 15.2. The number of rotatable bonds is 5. The minimum absolute atomic E-state index is 0.460. The van der Waals surface area contributed by atoms with Gasteiger partial charge >= 0.3 is 0 Å². The molecule has 3 nitrogen and oxygen atoms in total. The Bertz CT molecular complexity index is 306. The summed E-state index contributed by atoms with van der Waals surface area (Å²) in [6.45, 7) is 6.16. The van der Waals surface area contributed by atoms with Crippen molar-refractivity contribution in [2.45, 2.75) is 46.0 Å². The van der Waals surface area contributed by atoms with Gasteiger partial charge in [-0.15, -0.1) is 6.42 Å². The lowest BCUT2D eigenvalue weighted by Gasteiger charge is -2.31. The first-order valence-corrected chi connectivity index (χ1v) is 7.00. The van der Waals surface area contributed by atoms with Crippen molar-refractivity contribution in [3.63, 3.8) is 0 Å². The molecule has 2 N–H and O–H groups in total. The van der Waals surface area contributed by atoms with Gasteiger partial charge in [-0.3, -0.25) is 4.99 Å². The van der Waals surface area contributed by atoms with Crippen LogP contribution in [0.25, 0.3) is 0 Å². The molecule has 0 spiro atoms. The molecule has 0 aromatic carbocycles. The topological polar surface area (TPSA) is 36.4 Å². The molecule has 1 fully saturated rings. The number of nitrogens with zero attached hydrogens (tertiary/aromatic N) is 1. The number of hydrogen-bond acceptors (Lipinski definition) is 1. The van der Waals surface area contributed by atoms with Gasteiger partial charge in [-0.25, -0.2) is 0 Å². The van der Waals surface area contributed by atoms with Crippen molar-refractivity contribution in [3.05, 3.63) is 0 Å². The molecule has 0 amide bonds. The van der Waals surface area contributed by atoms with E-state index in [-0.39, 0.29) is 0 Å². The van der Waals surface area contributed by atoms with Crippen LogP contribution in [0.4, 0.5) is 0 Å². The van der Waals surface area contributed by atoms with E-state index in [2.05, 4.69) is 35.4 Å². The van der Waals surface area contributed by atoms with Crippen LogP contribution in [-0.4, -0.2) is 26.1 Å². The predicted molar refractivity (Wildman–Crippen MR) is 78.6 cm³/mol. The largest absolute Gasteiger partial charge is 0.356 e. The van der Waals surface area contributed by atoms with Gasteiger partial charge in [0.05, 0.1) is 6.54 Å². The molecule has 0 aliphatic heterocycles.